The van der Waals surface area contributed by atoms with E-state index in [0.717, 1.165) is 72.6 Å². The molecule has 0 saturated carbocycles. The van der Waals surface area contributed by atoms with E-state index < -0.39 is 0 Å². The SMILES string of the molecule is Cc1nc2ccccc2n1-c1cccc(-c2cccc(-c3cc(C#N)cc(-c4ccccc4-c4nc(-c5ccccc5)nc(-c5ccccc5)n4)c3)c2)c1. The Labute approximate surface area is 313 Å². The number of hydrogen-bond donors (Lipinski definition) is 0. The molecule has 0 bridgehead atoms. The summed E-state index contributed by atoms with van der Waals surface area (Å²) in [5.41, 5.74) is 12.3. The number of aromatic nitrogens is 5. The minimum absolute atomic E-state index is 0.560. The van der Waals surface area contributed by atoms with Crippen LogP contribution in [-0.4, -0.2) is 24.5 Å². The van der Waals surface area contributed by atoms with E-state index >= 15 is 0 Å². The Kier molecular flexibility index (Phi) is 8.35. The number of nitrogens with zero attached hydrogens (tertiary/aromatic N) is 6. The van der Waals surface area contributed by atoms with Crippen LogP contribution in [0, 0.1) is 18.3 Å². The summed E-state index contributed by atoms with van der Waals surface area (Å²) in [6, 6.07) is 61.7. The monoisotopic (exact) mass is 692 g/mol. The Hall–Kier alpha value is -7.49. The van der Waals surface area contributed by atoms with E-state index in [9.17, 15) is 5.26 Å². The lowest BCUT2D eigenvalue weighted by molar-refractivity contribution is 1.00. The van der Waals surface area contributed by atoms with Gasteiger partial charge in [0.15, 0.2) is 17.5 Å². The first-order valence-corrected chi connectivity index (χ1v) is 17.8. The van der Waals surface area contributed by atoms with Gasteiger partial charge in [-0.05, 0) is 88.8 Å². The molecule has 0 aliphatic carbocycles. The van der Waals surface area contributed by atoms with E-state index in [0.29, 0.717) is 23.0 Å². The predicted octanol–water partition coefficient (Wildman–Crippen LogP) is 11.4. The first-order valence-electron chi connectivity index (χ1n) is 17.8. The van der Waals surface area contributed by atoms with Crippen LogP contribution in [0.15, 0.2) is 176 Å². The van der Waals surface area contributed by atoms with Gasteiger partial charge in [0.1, 0.15) is 5.82 Å². The average Bonchev–Trinajstić information content (AvgIpc) is 3.59. The molecule has 0 fully saturated rings. The van der Waals surface area contributed by atoms with Crippen molar-refractivity contribution in [3.8, 4) is 79.3 Å². The van der Waals surface area contributed by atoms with E-state index in [4.69, 9.17) is 19.9 Å². The lowest BCUT2D eigenvalue weighted by atomic mass is 9.92. The fraction of sp³-hybridized carbons (Fsp3) is 0.0208. The van der Waals surface area contributed by atoms with E-state index in [2.05, 4.69) is 77.4 Å². The van der Waals surface area contributed by atoms with Crippen LogP contribution in [0.1, 0.15) is 11.4 Å². The molecular formula is C48H32N6. The molecule has 0 aliphatic rings. The molecule has 0 aliphatic heterocycles. The number of imidazole rings is 1. The summed E-state index contributed by atoms with van der Waals surface area (Å²) in [6.07, 6.45) is 0. The standard InChI is InChI=1S/C48H32N6/c1-32-50-44-24-10-11-25-45(44)54(32)41-21-13-20-38(30-41)36-18-12-19-37(28-36)39-26-33(31-49)27-40(29-39)42-22-8-9-23-43(42)48-52-46(34-14-4-2-5-15-34)51-47(53-48)35-16-6-3-7-17-35/h2-30H,1H3. The fourth-order valence-corrected chi connectivity index (χ4v) is 7.05. The van der Waals surface area contributed by atoms with Crippen molar-refractivity contribution >= 4 is 11.0 Å². The molecule has 0 radical (unpaired) electrons. The summed E-state index contributed by atoms with van der Waals surface area (Å²) in [5.74, 6) is 2.69. The van der Waals surface area contributed by atoms with Crippen LogP contribution in [0.4, 0.5) is 0 Å². The molecular weight excluding hydrogens is 661 g/mol. The minimum Gasteiger partial charge on any atom is -0.297 e. The van der Waals surface area contributed by atoms with Gasteiger partial charge in [0.05, 0.1) is 22.7 Å². The van der Waals surface area contributed by atoms with Crippen LogP contribution in [0.2, 0.25) is 0 Å². The van der Waals surface area contributed by atoms with Crippen LogP contribution in [0.25, 0.3) is 84.3 Å². The molecule has 6 heteroatoms. The largest absolute Gasteiger partial charge is 0.297 e. The number of rotatable bonds is 7. The topological polar surface area (TPSA) is 80.3 Å². The van der Waals surface area contributed by atoms with Crippen LogP contribution < -0.4 is 0 Å². The molecule has 7 aromatic carbocycles. The smallest absolute Gasteiger partial charge is 0.164 e. The van der Waals surface area contributed by atoms with Crippen LogP contribution in [0.3, 0.4) is 0 Å². The van der Waals surface area contributed by atoms with Crippen molar-refractivity contribution in [1.82, 2.24) is 24.5 Å². The van der Waals surface area contributed by atoms with Gasteiger partial charge >= 0.3 is 0 Å². The van der Waals surface area contributed by atoms with Gasteiger partial charge in [0.2, 0.25) is 0 Å². The van der Waals surface area contributed by atoms with Gasteiger partial charge in [-0.2, -0.15) is 5.26 Å². The zero-order valence-corrected chi connectivity index (χ0v) is 29.4. The van der Waals surface area contributed by atoms with Crippen molar-refractivity contribution in [2.24, 2.45) is 0 Å². The van der Waals surface area contributed by atoms with Crippen molar-refractivity contribution in [3.05, 3.63) is 187 Å². The van der Waals surface area contributed by atoms with Crippen molar-refractivity contribution in [3.63, 3.8) is 0 Å². The van der Waals surface area contributed by atoms with Crippen molar-refractivity contribution < 1.29 is 0 Å². The number of aryl methyl sites for hydroxylation is 1. The van der Waals surface area contributed by atoms with Gasteiger partial charge in [-0.25, -0.2) is 19.9 Å². The summed E-state index contributed by atoms with van der Waals surface area (Å²) < 4.78 is 2.20. The molecule has 0 saturated heterocycles. The van der Waals surface area contributed by atoms with Crippen molar-refractivity contribution in [2.75, 3.05) is 0 Å². The number of fused-ring (bicyclic) bond motifs is 1. The third-order valence-electron chi connectivity index (χ3n) is 9.60. The maximum Gasteiger partial charge on any atom is 0.164 e. The van der Waals surface area contributed by atoms with Crippen molar-refractivity contribution in [1.29, 1.82) is 5.26 Å². The Morgan fingerprint density at radius 1 is 0.426 bits per heavy atom. The molecule has 0 amide bonds. The van der Waals surface area contributed by atoms with E-state index in [1.54, 1.807) is 0 Å². The maximum absolute atomic E-state index is 10.3. The van der Waals surface area contributed by atoms with Crippen LogP contribution in [0.5, 0.6) is 0 Å². The van der Waals surface area contributed by atoms with Gasteiger partial charge in [-0.1, -0.05) is 127 Å². The van der Waals surface area contributed by atoms with Crippen LogP contribution in [-0.2, 0) is 0 Å². The lowest BCUT2D eigenvalue weighted by Gasteiger charge is -2.14. The Morgan fingerprint density at radius 3 is 1.65 bits per heavy atom. The molecule has 254 valence electrons. The number of para-hydroxylation sites is 2. The Morgan fingerprint density at radius 2 is 0.944 bits per heavy atom. The summed E-state index contributed by atoms with van der Waals surface area (Å²) in [5, 5.41) is 10.3. The molecule has 9 aromatic rings. The zero-order chi connectivity index (χ0) is 36.4. The second-order valence-electron chi connectivity index (χ2n) is 13.1. The molecule has 2 heterocycles. The molecule has 2 aromatic heterocycles. The first-order chi connectivity index (χ1) is 26.6. The third kappa shape index (κ3) is 6.21. The maximum atomic E-state index is 10.3. The van der Waals surface area contributed by atoms with Gasteiger partial charge in [0, 0.05) is 22.4 Å². The first kappa shape index (κ1) is 32.4. The Balaban J connectivity index is 1.13. The molecule has 6 nitrogen and oxygen atoms in total. The van der Waals surface area contributed by atoms with E-state index in [-0.39, 0.29) is 0 Å². The number of nitriles is 1. The summed E-state index contributed by atoms with van der Waals surface area (Å²) in [7, 11) is 0. The highest BCUT2D eigenvalue weighted by Crippen LogP contribution is 2.36. The molecule has 0 spiro atoms. The molecule has 9 rings (SSSR count). The number of hydrogen-bond acceptors (Lipinski definition) is 5. The second-order valence-corrected chi connectivity index (χ2v) is 13.1. The van der Waals surface area contributed by atoms with E-state index in [1.165, 1.54) is 0 Å². The molecule has 0 N–H and O–H groups in total. The minimum atomic E-state index is 0.560. The summed E-state index contributed by atoms with van der Waals surface area (Å²) in [6.45, 7) is 2.04. The fourth-order valence-electron chi connectivity index (χ4n) is 7.05. The zero-order valence-electron chi connectivity index (χ0n) is 29.4. The highest BCUT2D eigenvalue weighted by atomic mass is 15.1. The lowest BCUT2D eigenvalue weighted by Crippen LogP contribution is -2.01. The summed E-state index contributed by atoms with van der Waals surface area (Å²) >= 11 is 0. The van der Waals surface area contributed by atoms with Gasteiger partial charge in [-0.15, -0.1) is 0 Å². The normalized spacial score (nSPS) is 11.0. The molecule has 0 unspecified atom stereocenters. The van der Waals surface area contributed by atoms with Gasteiger partial charge < -0.3 is 0 Å². The number of benzene rings is 7. The Bertz CT molecular complexity index is 2790. The van der Waals surface area contributed by atoms with Crippen LogP contribution >= 0.6 is 0 Å². The molecule has 54 heavy (non-hydrogen) atoms. The molecule has 0 atom stereocenters. The van der Waals surface area contributed by atoms with E-state index in [1.807, 2.05) is 116 Å². The van der Waals surface area contributed by atoms with Gasteiger partial charge in [0.25, 0.3) is 0 Å². The quantitative estimate of drug-likeness (QED) is 0.166. The highest BCUT2D eigenvalue weighted by Gasteiger charge is 2.17. The predicted molar refractivity (Wildman–Crippen MR) is 217 cm³/mol. The van der Waals surface area contributed by atoms with Crippen molar-refractivity contribution in [2.45, 2.75) is 6.92 Å². The second kappa shape index (κ2) is 13.9. The van der Waals surface area contributed by atoms with Gasteiger partial charge in [-0.3, -0.25) is 4.57 Å². The third-order valence-corrected chi connectivity index (χ3v) is 9.60. The highest BCUT2D eigenvalue weighted by molar-refractivity contribution is 5.86. The average molecular weight is 693 g/mol. The summed E-state index contributed by atoms with van der Waals surface area (Å²) in [4.78, 5) is 19.7.